The van der Waals surface area contributed by atoms with E-state index in [4.69, 9.17) is 4.74 Å². The summed E-state index contributed by atoms with van der Waals surface area (Å²) in [6.07, 6.45) is 0. The van der Waals surface area contributed by atoms with Crippen molar-refractivity contribution in [2.45, 2.75) is 5.92 Å². The standard InChI is InChI=1S/C12H17NO2/c1-15-11-4-2-3-9(5-11)12(8-14)10-6-13-7-10/h2-5,10,12-14H,6-8H2,1H3. The summed E-state index contributed by atoms with van der Waals surface area (Å²) in [6, 6.07) is 7.97. The maximum atomic E-state index is 9.41. The molecule has 1 saturated heterocycles. The lowest BCUT2D eigenvalue weighted by atomic mass is 9.83. The maximum absolute atomic E-state index is 9.41. The Hall–Kier alpha value is -1.06. The molecule has 1 heterocycles. The van der Waals surface area contributed by atoms with E-state index in [1.807, 2.05) is 18.2 Å². The van der Waals surface area contributed by atoms with Crippen LogP contribution in [0.25, 0.3) is 0 Å². The van der Waals surface area contributed by atoms with Gasteiger partial charge in [0.1, 0.15) is 5.75 Å². The third-order valence-corrected chi connectivity index (χ3v) is 3.10. The topological polar surface area (TPSA) is 41.5 Å². The highest BCUT2D eigenvalue weighted by atomic mass is 16.5. The first kappa shape index (κ1) is 10.5. The molecule has 3 nitrogen and oxygen atoms in total. The highest BCUT2D eigenvalue weighted by Gasteiger charge is 2.27. The molecule has 0 aromatic heterocycles. The molecule has 1 unspecified atom stereocenters. The average Bonchev–Trinajstić information content (AvgIpc) is 2.23. The molecule has 0 spiro atoms. The Bertz CT molecular complexity index is 323. The van der Waals surface area contributed by atoms with Crippen LogP contribution in [0.5, 0.6) is 5.75 Å². The zero-order valence-electron chi connectivity index (χ0n) is 8.94. The second kappa shape index (κ2) is 4.64. The van der Waals surface area contributed by atoms with Gasteiger partial charge in [0.05, 0.1) is 13.7 Å². The van der Waals surface area contributed by atoms with Gasteiger partial charge in [0.15, 0.2) is 0 Å². The van der Waals surface area contributed by atoms with Gasteiger partial charge in [-0.15, -0.1) is 0 Å². The summed E-state index contributed by atoms with van der Waals surface area (Å²) in [5, 5.41) is 12.6. The Morgan fingerprint density at radius 1 is 1.53 bits per heavy atom. The summed E-state index contributed by atoms with van der Waals surface area (Å²) in [4.78, 5) is 0. The highest BCUT2D eigenvalue weighted by molar-refractivity contribution is 5.31. The molecule has 1 aliphatic heterocycles. The van der Waals surface area contributed by atoms with Crippen molar-refractivity contribution in [1.82, 2.24) is 5.32 Å². The fourth-order valence-corrected chi connectivity index (χ4v) is 1.99. The molecule has 1 aliphatic rings. The van der Waals surface area contributed by atoms with Crippen molar-refractivity contribution in [3.63, 3.8) is 0 Å². The molecule has 2 rings (SSSR count). The largest absolute Gasteiger partial charge is 0.497 e. The average molecular weight is 207 g/mol. The maximum Gasteiger partial charge on any atom is 0.119 e. The number of aliphatic hydroxyl groups is 1. The van der Waals surface area contributed by atoms with E-state index in [1.165, 1.54) is 5.56 Å². The van der Waals surface area contributed by atoms with E-state index < -0.39 is 0 Å². The van der Waals surface area contributed by atoms with E-state index in [-0.39, 0.29) is 12.5 Å². The number of ether oxygens (including phenoxy) is 1. The Balaban J connectivity index is 2.17. The quantitative estimate of drug-likeness (QED) is 0.773. The first-order valence-electron chi connectivity index (χ1n) is 5.30. The lowest BCUT2D eigenvalue weighted by molar-refractivity contribution is 0.188. The Morgan fingerprint density at radius 3 is 2.87 bits per heavy atom. The van der Waals surface area contributed by atoms with Gasteiger partial charge in [-0.05, 0) is 36.7 Å². The monoisotopic (exact) mass is 207 g/mol. The molecule has 0 amide bonds. The van der Waals surface area contributed by atoms with E-state index in [2.05, 4.69) is 11.4 Å². The number of methoxy groups -OCH3 is 1. The number of hydrogen-bond acceptors (Lipinski definition) is 3. The Morgan fingerprint density at radius 2 is 2.33 bits per heavy atom. The van der Waals surface area contributed by atoms with E-state index in [1.54, 1.807) is 7.11 Å². The SMILES string of the molecule is COc1cccc(C(CO)C2CNC2)c1. The highest BCUT2D eigenvalue weighted by Crippen LogP contribution is 2.29. The van der Waals surface area contributed by atoms with Crippen LogP contribution in [0.15, 0.2) is 24.3 Å². The van der Waals surface area contributed by atoms with Crippen molar-refractivity contribution in [2.24, 2.45) is 5.92 Å². The number of benzene rings is 1. The van der Waals surface area contributed by atoms with Gasteiger partial charge in [-0.3, -0.25) is 0 Å². The first-order valence-corrected chi connectivity index (χ1v) is 5.30. The Labute approximate surface area is 90.1 Å². The van der Waals surface area contributed by atoms with E-state index in [0.29, 0.717) is 5.92 Å². The van der Waals surface area contributed by atoms with Crippen LogP contribution in [0.1, 0.15) is 11.5 Å². The lowest BCUT2D eigenvalue weighted by Crippen LogP contribution is -2.46. The molecule has 0 aliphatic carbocycles. The van der Waals surface area contributed by atoms with Crippen LogP contribution < -0.4 is 10.1 Å². The summed E-state index contributed by atoms with van der Waals surface area (Å²) >= 11 is 0. The van der Waals surface area contributed by atoms with Gasteiger partial charge < -0.3 is 15.2 Å². The minimum absolute atomic E-state index is 0.208. The number of nitrogens with one attached hydrogen (secondary N) is 1. The number of hydrogen-bond donors (Lipinski definition) is 2. The van der Waals surface area contributed by atoms with Gasteiger partial charge in [0.25, 0.3) is 0 Å². The normalized spacial score (nSPS) is 18.3. The summed E-state index contributed by atoms with van der Waals surface area (Å²) in [7, 11) is 1.66. The van der Waals surface area contributed by atoms with Crippen molar-refractivity contribution in [2.75, 3.05) is 26.8 Å². The lowest BCUT2D eigenvalue weighted by Gasteiger charge is -2.34. The summed E-state index contributed by atoms with van der Waals surface area (Å²) in [6.45, 7) is 2.21. The van der Waals surface area contributed by atoms with Gasteiger partial charge in [-0.1, -0.05) is 12.1 Å². The van der Waals surface area contributed by atoms with Crippen LogP contribution >= 0.6 is 0 Å². The first-order chi connectivity index (χ1) is 7.35. The molecule has 0 radical (unpaired) electrons. The summed E-state index contributed by atoms with van der Waals surface area (Å²) in [5.74, 6) is 1.65. The van der Waals surface area contributed by atoms with E-state index in [0.717, 1.165) is 18.8 Å². The zero-order chi connectivity index (χ0) is 10.7. The molecule has 2 N–H and O–H groups in total. The van der Waals surface area contributed by atoms with Crippen molar-refractivity contribution in [3.05, 3.63) is 29.8 Å². The second-order valence-corrected chi connectivity index (χ2v) is 3.98. The van der Waals surface area contributed by atoms with Crippen LogP contribution in [0, 0.1) is 5.92 Å². The van der Waals surface area contributed by atoms with Gasteiger partial charge in [-0.2, -0.15) is 0 Å². The third-order valence-electron chi connectivity index (χ3n) is 3.10. The van der Waals surface area contributed by atoms with Crippen LogP contribution in [0.4, 0.5) is 0 Å². The molecular weight excluding hydrogens is 190 g/mol. The zero-order valence-corrected chi connectivity index (χ0v) is 8.94. The molecule has 82 valence electrons. The molecule has 0 saturated carbocycles. The fourth-order valence-electron chi connectivity index (χ4n) is 1.99. The molecule has 15 heavy (non-hydrogen) atoms. The fraction of sp³-hybridized carbons (Fsp3) is 0.500. The smallest absolute Gasteiger partial charge is 0.119 e. The number of rotatable bonds is 4. The van der Waals surface area contributed by atoms with Crippen LogP contribution in [0.2, 0.25) is 0 Å². The molecule has 1 aromatic rings. The van der Waals surface area contributed by atoms with Crippen LogP contribution in [0.3, 0.4) is 0 Å². The predicted molar refractivity (Wildman–Crippen MR) is 59.2 cm³/mol. The van der Waals surface area contributed by atoms with Gasteiger partial charge >= 0.3 is 0 Å². The summed E-state index contributed by atoms with van der Waals surface area (Å²) < 4.78 is 5.18. The molecule has 1 atom stereocenters. The Kier molecular flexibility index (Phi) is 3.23. The van der Waals surface area contributed by atoms with Gasteiger partial charge in [0, 0.05) is 5.92 Å². The van der Waals surface area contributed by atoms with Gasteiger partial charge in [0.2, 0.25) is 0 Å². The van der Waals surface area contributed by atoms with Crippen LogP contribution in [-0.4, -0.2) is 31.9 Å². The summed E-state index contributed by atoms with van der Waals surface area (Å²) in [5.41, 5.74) is 1.17. The van der Waals surface area contributed by atoms with Crippen molar-refractivity contribution >= 4 is 0 Å². The van der Waals surface area contributed by atoms with E-state index >= 15 is 0 Å². The molecule has 3 heteroatoms. The predicted octanol–water partition coefficient (Wildman–Crippen LogP) is 0.990. The third kappa shape index (κ3) is 2.13. The van der Waals surface area contributed by atoms with Crippen LogP contribution in [-0.2, 0) is 0 Å². The minimum atomic E-state index is 0.208. The molecule has 1 fully saturated rings. The minimum Gasteiger partial charge on any atom is -0.497 e. The van der Waals surface area contributed by atoms with Crippen molar-refractivity contribution in [3.8, 4) is 5.75 Å². The number of aliphatic hydroxyl groups excluding tert-OH is 1. The molecule has 1 aromatic carbocycles. The molecular formula is C12H17NO2. The molecule has 0 bridgehead atoms. The second-order valence-electron chi connectivity index (χ2n) is 3.98. The van der Waals surface area contributed by atoms with E-state index in [9.17, 15) is 5.11 Å². The van der Waals surface area contributed by atoms with Gasteiger partial charge in [-0.25, -0.2) is 0 Å². The van der Waals surface area contributed by atoms with Crippen molar-refractivity contribution < 1.29 is 9.84 Å². The van der Waals surface area contributed by atoms with Crippen molar-refractivity contribution in [1.29, 1.82) is 0 Å².